The van der Waals surface area contributed by atoms with Crippen LogP contribution in [0.1, 0.15) is 69.4 Å². The highest BCUT2D eigenvalue weighted by Crippen LogP contribution is 2.11. The molecule has 3 rings (SSSR count). The van der Waals surface area contributed by atoms with Gasteiger partial charge in [-0.05, 0) is 76.0 Å². The van der Waals surface area contributed by atoms with Gasteiger partial charge in [-0.1, -0.05) is 60.7 Å². The molecule has 0 radical (unpaired) electrons. The second-order valence-electron chi connectivity index (χ2n) is 15.7. The maximum absolute atomic E-state index is 14.2. The van der Waals surface area contributed by atoms with Crippen molar-refractivity contribution in [2.24, 2.45) is 16.5 Å². The summed E-state index contributed by atoms with van der Waals surface area (Å²) in [6.07, 6.45) is -0.625. The minimum Gasteiger partial charge on any atom is -0.481 e. The predicted octanol–water partition coefficient (Wildman–Crippen LogP) is -3.06. The largest absolute Gasteiger partial charge is 0.481 e. The van der Waals surface area contributed by atoms with Crippen LogP contribution in [0.3, 0.4) is 0 Å². The van der Waals surface area contributed by atoms with Crippen LogP contribution in [0, 0.1) is 0 Å². The van der Waals surface area contributed by atoms with E-state index in [1.807, 2.05) is 30.3 Å². The Labute approximate surface area is 377 Å². The molecule has 1 fully saturated rings. The van der Waals surface area contributed by atoms with E-state index in [4.69, 9.17) is 16.6 Å². The monoisotopic (exact) mass is 914 g/mol. The van der Waals surface area contributed by atoms with E-state index in [1.54, 1.807) is 30.3 Å². The van der Waals surface area contributed by atoms with Crippen molar-refractivity contribution in [3.05, 3.63) is 71.8 Å². The van der Waals surface area contributed by atoms with Gasteiger partial charge < -0.3 is 74.6 Å². The fourth-order valence-corrected chi connectivity index (χ4v) is 6.99. The van der Waals surface area contributed by atoms with Crippen LogP contribution in [0.2, 0.25) is 0 Å². The number of carbonyl (C=O) groups excluding carboxylic acids is 5. The van der Waals surface area contributed by atoms with E-state index in [-0.39, 0.29) is 69.5 Å². The summed E-state index contributed by atoms with van der Waals surface area (Å²) in [4.78, 5) is 95.1. The standard InChI is InChI=1S/C43H64N10O11.H2O/c1-26(55)37(53-38(60)31-14-8-20-46-31)42(64)52-33(17-19-36(58)59)40(62)50-30(22-27-10-4-2-5-11-27)24-48-34(23-28-12-6-3-7-13-28)41(63)51-32(15-9-21-47-43(44)45)39(61)49-29(25-54)16-18-35(56)57;/h2-7,10-13,26,29-34,37,46,48,54-55H,8-9,14-25H2,1H3,(H,49,61)(H,50,62)(H,51,63)(H,52,64)(H,53,60)(H,56,57)(H,58,59)(H4,44,45,47);1H2/t26-,29+,30+,31+,32+,33+,34+,37+;/m1./s1. The number of carbonyl (C=O) groups is 7. The summed E-state index contributed by atoms with van der Waals surface area (Å²) < 4.78 is 0. The number of hydrogen-bond acceptors (Lipinski definition) is 12. The number of benzene rings is 2. The Kier molecular flexibility index (Phi) is 24.7. The van der Waals surface area contributed by atoms with Gasteiger partial charge in [0.2, 0.25) is 29.5 Å². The summed E-state index contributed by atoms with van der Waals surface area (Å²) in [6, 6.07) is 10.8. The molecule has 360 valence electrons. The van der Waals surface area contributed by atoms with Gasteiger partial charge in [-0.2, -0.15) is 0 Å². The first-order valence-electron chi connectivity index (χ1n) is 21.4. The number of aliphatic imine (C=N–C) groups is 1. The van der Waals surface area contributed by atoms with Gasteiger partial charge in [-0.15, -0.1) is 0 Å². The predicted molar refractivity (Wildman–Crippen MR) is 239 cm³/mol. The highest BCUT2D eigenvalue weighted by atomic mass is 16.4. The second-order valence-corrected chi connectivity index (χ2v) is 15.7. The lowest BCUT2D eigenvalue weighted by atomic mass is 10.0. The Bertz CT molecular complexity index is 1850. The van der Waals surface area contributed by atoms with E-state index in [9.17, 15) is 48.9 Å². The maximum Gasteiger partial charge on any atom is 0.303 e. The number of carboxylic acids is 2. The maximum atomic E-state index is 14.2. The van der Waals surface area contributed by atoms with Crippen molar-refractivity contribution in [1.82, 2.24) is 37.2 Å². The number of nitrogens with zero attached hydrogens (tertiary/aromatic N) is 1. The number of aliphatic hydroxyl groups excluding tert-OH is 2. The van der Waals surface area contributed by atoms with Crippen LogP contribution in [0.15, 0.2) is 65.7 Å². The minimum absolute atomic E-state index is 0. The second kappa shape index (κ2) is 29.3. The molecule has 2 aromatic carbocycles. The molecule has 0 bridgehead atoms. The third kappa shape index (κ3) is 20.9. The van der Waals surface area contributed by atoms with E-state index in [1.165, 1.54) is 6.92 Å². The van der Waals surface area contributed by atoms with E-state index in [2.05, 4.69) is 42.2 Å². The summed E-state index contributed by atoms with van der Waals surface area (Å²) in [7, 11) is 0. The van der Waals surface area contributed by atoms with E-state index in [0.717, 1.165) is 17.5 Å². The zero-order valence-electron chi connectivity index (χ0n) is 36.5. The highest BCUT2D eigenvalue weighted by Gasteiger charge is 2.34. The number of nitrogens with one attached hydrogen (secondary N) is 7. The zero-order chi connectivity index (χ0) is 47.0. The molecule has 1 saturated heterocycles. The van der Waals surface area contributed by atoms with Gasteiger partial charge in [-0.3, -0.25) is 38.6 Å². The van der Waals surface area contributed by atoms with Crippen molar-refractivity contribution in [1.29, 1.82) is 0 Å². The van der Waals surface area contributed by atoms with Crippen molar-refractivity contribution < 1.29 is 59.5 Å². The smallest absolute Gasteiger partial charge is 0.303 e. The van der Waals surface area contributed by atoms with Crippen molar-refractivity contribution in [2.75, 3.05) is 26.2 Å². The van der Waals surface area contributed by atoms with Gasteiger partial charge in [0.15, 0.2) is 5.96 Å². The Hall–Kier alpha value is -6.20. The molecule has 1 aliphatic heterocycles. The molecule has 65 heavy (non-hydrogen) atoms. The zero-order valence-corrected chi connectivity index (χ0v) is 36.5. The summed E-state index contributed by atoms with van der Waals surface area (Å²) in [5, 5.41) is 58.6. The number of aliphatic carboxylic acids is 2. The fraction of sp³-hybridized carbons (Fsp3) is 0.535. The Morgan fingerprint density at radius 3 is 1.80 bits per heavy atom. The molecule has 2 aromatic rings. The van der Waals surface area contributed by atoms with E-state index < -0.39 is 103 Å². The molecule has 0 saturated carbocycles. The van der Waals surface area contributed by atoms with Gasteiger partial charge in [0.1, 0.15) is 18.1 Å². The molecule has 8 atom stereocenters. The van der Waals surface area contributed by atoms with Crippen molar-refractivity contribution in [3.63, 3.8) is 0 Å². The van der Waals surface area contributed by atoms with Crippen LogP contribution in [-0.4, -0.2) is 148 Å². The van der Waals surface area contributed by atoms with Crippen molar-refractivity contribution in [3.8, 4) is 0 Å². The molecule has 5 amide bonds. The molecule has 17 N–H and O–H groups in total. The number of rotatable bonds is 29. The molecule has 0 aliphatic carbocycles. The lowest BCUT2D eigenvalue weighted by Gasteiger charge is -2.28. The number of hydrogen-bond donors (Lipinski definition) is 13. The Balaban J connectivity index is 0.0000145. The minimum atomic E-state index is -1.45. The normalized spacial score (nSPS) is 16.4. The fourth-order valence-electron chi connectivity index (χ4n) is 6.99. The van der Waals surface area contributed by atoms with Gasteiger partial charge in [0, 0.05) is 32.0 Å². The number of amides is 5. The van der Waals surface area contributed by atoms with E-state index >= 15 is 0 Å². The quantitative estimate of drug-likeness (QED) is 0.0219. The number of guanidine groups is 1. The summed E-state index contributed by atoms with van der Waals surface area (Å²) in [5.74, 6) is -5.94. The first kappa shape index (κ1) is 54.9. The molecule has 0 spiro atoms. The number of aliphatic hydroxyl groups is 2. The van der Waals surface area contributed by atoms with Crippen LogP contribution < -0.4 is 48.7 Å². The molecule has 22 nitrogen and oxygen atoms in total. The van der Waals surface area contributed by atoms with Crippen LogP contribution in [0.25, 0.3) is 0 Å². The number of nitrogens with two attached hydrogens (primary N) is 2. The summed E-state index contributed by atoms with van der Waals surface area (Å²) >= 11 is 0. The lowest BCUT2D eigenvalue weighted by molar-refractivity contribution is -0.139. The van der Waals surface area contributed by atoms with Gasteiger partial charge in [0.25, 0.3) is 0 Å². The lowest BCUT2D eigenvalue weighted by Crippen LogP contribution is -2.60. The van der Waals surface area contributed by atoms with E-state index in [0.29, 0.717) is 13.0 Å². The van der Waals surface area contributed by atoms with Crippen LogP contribution in [0.5, 0.6) is 0 Å². The molecular weight excluding hydrogens is 849 g/mol. The molecule has 0 unspecified atom stereocenters. The highest BCUT2D eigenvalue weighted by molar-refractivity contribution is 5.94. The van der Waals surface area contributed by atoms with Crippen LogP contribution >= 0.6 is 0 Å². The SMILES string of the molecule is C[C@@H](O)[C@H](NC(=O)[C@@H]1CCCN1)C(=O)N[C@@H](CCC(=O)O)C(=O)N[C@H](CN[C@@H](Cc1ccccc1)C(=O)N[C@@H](CCCN=C(N)N)C(=O)N[C@H](CO)CCC(=O)O)Cc1ccccc1.O. The molecule has 0 aromatic heterocycles. The van der Waals surface area contributed by atoms with Crippen molar-refractivity contribution in [2.45, 2.75) is 120 Å². The van der Waals surface area contributed by atoms with Gasteiger partial charge in [-0.25, -0.2) is 0 Å². The molecule has 22 heteroatoms. The van der Waals surface area contributed by atoms with Gasteiger partial charge >= 0.3 is 11.9 Å². The van der Waals surface area contributed by atoms with Crippen molar-refractivity contribution >= 4 is 47.4 Å². The van der Waals surface area contributed by atoms with Crippen LogP contribution in [-0.2, 0) is 46.4 Å². The molecule has 1 heterocycles. The first-order chi connectivity index (χ1) is 30.6. The average molecular weight is 915 g/mol. The average Bonchev–Trinajstić information content (AvgIpc) is 3.81. The first-order valence-corrected chi connectivity index (χ1v) is 21.4. The molecular formula is C43H66N10O12. The number of carboxylic acid groups (broad SMARTS) is 2. The molecule has 1 aliphatic rings. The van der Waals surface area contributed by atoms with Gasteiger partial charge in [0.05, 0.1) is 30.8 Å². The third-order valence-electron chi connectivity index (χ3n) is 10.5. The Morgan fingerprint density at radius 2 is 1.26 bits per heavy atom. The summed E-state index contributed by atoms with van der Waals surface area (Å²) in [5.41, 5.74) is 12.5. The van der Waals surface area contributed by atoms with Crippen LogP contribution in [0.4, 0.5) is 0 Å². The Morgan fingerprint density at radius 1 is 0.723 bits per heavy atom. The topological polar surface area (TPSA) is 381 Å². The summed E-state index contributed by atoms with van der Waals surface area (Å²) in [6.45, 7) is 1.46. The third-order valence-corrected chi connectivity index (χ3v) is 10.5.